The summed E-state index contributed by atoms with van der Waals surface area (Å²) in [5.41, 5.74) is 0.249. The van der Waals surface area contributed by atoms with Crippen LogP contribution in [0.3, 0.4) is 0 Å². The molecule has 0 bridgehead atoms. The fourth-order valence-corrected chi connectivity index (χ4v) is 3.05. The lowest BCUT2D eigenvalue weighted by Gasteiger charge is -2.31. The van der Waals surface area contributed by atoms with Crippen LogP contribution < -0.4 is 4.90 Å². The molecule has 1 aromatic carbocycles. The number of amides is 2. The first-order valence-corrected chi connectivity index (χ1v) is 9.29. The van der Waals surface area contributed by atoms with E-state index in [1.54, 1.807) is 9.80 Å². The van der Waals surface area contributed by atoms with E-state index in [-0.39, 0.29) is 5.91 Å². The normalized spacial score (nSPS) is 17.4. The van der Waals surface area contributed by atoms with Crippen molar-refractivity contribution < 1.29 is 14.3 Å². The van der Waals surface area contributed by atoms with Crippen LogP contribution >= 0.6 is 11.6 Å². The fraction of sp³-hybridized carbons (Fsp3) is 0.579. The molecule has 1 aliphatic heterocycles. The van der Waals surface area contributed by atoms with Gasteiger partial charge in [0, 0.05) is 24.7 Å². The highest BCUT2D eigenvalue weighted by Crippen LogP contribution is 2.25. The van der Waals surface area contributed by atoms with E-state index in [0.29, 0.717) is 31.8 Å². The Morgan fingerprint density at radius 2 is 1.96 bits per heavy atom. The number of hydrogen-bond acceptors (Lipinski definition) is 3. The molecule has 0 unspecified atom stereocenters. The van der Waals surface area contributed by atoms with Gasteiger partial charge in [0.2, 0.25) is 5.91 Å². The Balaban J connectivity index is 2.17. The standard InChI is InChI=1S/C19H27ClN2O3/c1-19(2,3)25-18(24)22-13-7-11-16(22)17(23)21(14-8-12-20)15-9-5-4-6-10-15/h4-6,9-10,16H,7-8,11-14H2,1-3H3/t16-/m0/s1. The van der Waals surface area contributed by atoms with Crippen LogP contribution in [0, 0.1) is 0 Å². The summed E-state index contributed by atoms with van der Waals surface area (Å²) in [5.74, 6) is 0.413. The largest absolute Gasteiger partial charge is 0.444 e. The van der Waals surface area contributed by atoms with Gasteiger partial charge in [0.25, 0.3) is 0 Å². The SMILES string of the molecule is CC(C)(C)OC(=O)N1CCC[C@H]1C(=O)N(CCCCl)c1ccccc1. The van der Waals surface area contributed by atoms with Crippen molar-refractivity contribution in [3.63, 3.8) is 0 Å². The molecule has 1 heterocycles. The zero-order valence-electron chi connectivity index (χ0n) is 15.2. The fourth-order valence-electron chi connectivity index (χ4n) is 2.93. The van der Waals surface area contributed by atoms with Crippen molar-refractivity contribution >= 4 is 29.3 Å². The third-order valence-electron chi connectivity index (χ3n) is 4.02. The number of anilines is 1. The summed E-state index contributed by atoms with van der Waals surface area (Å²) < 4.78 is 5.46. The average Bonchev–Trinajstić information content (AvgIpc) is 3.04. The van der Waals surface area contributed by atoms with E-state index in [9.17, 15) is 9.59 Å². The molecule has 1 atom stereocenters. The summed E-state index contributed by atoms with van der Waals surface area (Å²) in [6.45, 7) is 6.56. The predicted octanol–water partition coefficient (Wildman–Crippen LogP) is 4.05. The molecule has 1 fully saturated rings. The second kappa shape index (κ2) is 8.56. The topological polar surface area (TPSA) is 49.9 Å². The van der Waals surface area contributed by atoms with E-state index in [0.717, 1.165) is 12.1 Å². The van der Waals surface area contributed by atoms with Crippen LogP contribution in [0.15, 0.2) is 30.3 Å². The highest BCUT2D eigenvalue weighted by atomic mass is 35.5. The number of nitrogens with zero attached hydrogens (tertiary/aromatic N) is 2. The zero-order chi connectivity index (χ0) is 18.4. The summed E-state index contributed by atoms with van der Waals surface area (Å²) in [6, 6.07) is 9.03. The Kier molecular flexibility index (Phi) is 6.71. The van der Waals surface area contributed by atoms with Crippen LogP contribution in [-0.2, 0) is 9.53 Å². The monoisotopic (exact) mass is 366 g/mol. The second-order valence-electron chi connectivity index (χ2n) is 7.20. The number of alkyl halides is 1. The minimum Gasteiger partial charge on any atom is -0.444 e. The summed E-state index contributed by atoms with van der Waals surface area (Å²) in [6.07, 6.45) is 1.73. The highest BCUT2D eigenvalue weighted by Gasteiger charge is 2.38. The van der Waals surface area contributed by atoms with Gasteiger partial charge in [-0.2, -0.15) is 0 Å². The molecular formula is C19H27ClN2O3. The van der Waals surface area contributed by atoms with Crippen LogP contribution in [0.1, 0.15) is 40.0 Å². The minimum atomic E-state index is -0.578. The van der Waals surface area contributed by atoms with Crippen LogP contribution in [-0.4, -0.2) is 47.5 Å². The number of carbonyl (C=O) groups is 2. The number of carbonyl (C=O) groups excluding carboxylic acids is 2. The minimum absolute atomic E-state index is 0.0697. The Hall–Kier alpha value is -1.75. The Morgan fingerprint density at radius 3 is 2.56 bits per heavy atom. The molecule has 2 amide bonds. The van der Waals surface area contributed by atoms with Crippen LogP contribution in [0.4, 0.5) is 10.5 Å². The maximum atomic E-state index is 13.2. The third-order valence-corrected chi connectivity index (χ3v) is 4.28. The number of rotatable bonds is 5. The predicted molar refractivity (Wildman–Crippen MR) is 100 cm³/mol. The van der Waals surface area contributed by atoms with E-state index in [2.05, 4.69) is 0 Å². The van der Waals surface area contributed by atoms with Crippen LogP contribution in [0.2, 0.25) is 0 Å². The number of ether oxygens (including phenoxy) is 1. The van der Waals surface area contributed by atoms with Gasteiger partial charge in [0.05, 0.1) is 0 Å². The molecule has 25 heavy (non-hydrogen) atoms. The molecule has 2 rings (SSSR count). The van der Waals surface area contributed by atoms with Crippen LogP contribution in [0.5, 0.6) is 0 Å². The van der Waals surface area contributed by atoms with Gasteiger partial charge < -0.3 is 9.64 Å². The van der Waals surface area contributed by atoms with E-state index < -0.39 is 17.7 Å². The van der Waals surface area contributed by atoms with Gasteiger partial charge in [-0.3, -0.25) is 9.69 Å². The van der Waals surface area contributed by atoms with Crippen LogP contribution in [0.25, 0.3) is 0 Å². The number of para-hydroxylation sites is 1. The average molecular weight is 367 g/mol. The quantitative estimate of drug-likeness (QED) is 0.739. The molecule has 0 aromatic heterocycles. The van der Waals surface area contributed by atoms with Gasteiger partial charge in [-0.05, 0) is 52.2 Å². The van der Waals surface area contributed by atoms with E-state index >= 15 is 0 Å². The number of hydrogen-bond donors (Lipinski definition) is 0. The summed E-state index contributed by atoms with van der Waals surface area (Å²) >= 11 is 5.83. The van der Waals surface area contributed by atoms with Crippen molar-refractivity contribution in [2.75, 3.05) is 23.9 Å². The summed E-state index contributed by atoms with van der Waals surface area (Å²) in [5, 5.41) is 0. The first kappa shape index (κ1) is 19.6. The molecule has 5 nitrogen and oxygen atoms in total. The molecule has 1 aromatic rings. The Morgan fingerprint density at radius 1 is 1.28 bits per heavy atom. The first-order valence-electron chi connectivity index (χ1n) is 8.75. The number of benzene rings is 1. The lowest BCUT2D eigenvalue weighted by molar-refractivity contribution is -0.122. The first-order chi connectivity index (χ1) is 11.8. The van der Waals surface area contributed by atoms with Gasteiger partial charge in [-0.15, -0.1) is 11.6 Å². The zero-order valence-corrected chi connectivity index (χ0v) is 16.0. The molecule has 0 spiro atoms. The number of halogens is 1. The van der Waals surface area contributed by atoms with Gasteiger partial charge in [0.1, 0.15) is 11.6 Å². The van der Waals surface area contributed by atoms with Crippen molar-refractivity contribution in [2.24, 2.45) is 0 Å². The molecule has 0 saturated carbocycles. The van der Waals surface area contributed by atoms with Crippen molar-refractivity contribution in [1.82, 2.24) is 4.90 Å². The van der Waals surface area contributed by atoms with Gasteiger partial charge in [-0.1, -0.05) is 18.2 Å². The van der Waals surface area contributed by atoms with Gasteiger partial charge >= 0.3 is 6.09 Å². The maximum Gasteiger partial charge on any atom is 0.410 e. The third kappa shape index (κ3) is 5.36. The summed E-state index contributed by atoms with van der Waals surface area (Å²) in [4.78, 5) is 28.9. The molecule has 6 heteroatoms. The molecule has 0 aliphatic carbocycles. The maximum absolute atomic E-state index is 13.2. The molecular weight excluding hydrogens is 340 g/mol. The molecule has 1 aliphatic rings. The Bertz CT molecular complexity index is 586. The molecule has 138 valence electrons. The van der Waals surface area contributed by atoms with Crippen molar-refractivity contribution in [2.45, 2.75) is 51.7 Å². The second-order valence-corrected chi connectivity index (χ2v) is 7.58. The van der Waals surface area contributed by atoms with Gasteiger partial charge in [0.15, 0.2) is 0 Å². The molecule has 0 radical (unpaired) electrons. The van der Waals surface area contributed by atoms with Crippen molar-refractivity contribution in [3.05, 3.63) is 30.3 Å². The van der Waals surface area contributed by atoms with E-state index in [1.807, 2.05) is 51.1 Å². The summed E-state index contributed by atoms with van der Waals surface area (Å²) in [7, 11) is 0. The van der Waals surface area contributed by atoms with Crippen molar-refractivity contribution in [1.29, 1.82) is 0 Å². The lowest BCUT2D eigenvalue weighted by atomic mass is 10.1. The highest BCUT2D eigenvalue weighted by molar-refractivity contribution is 6.17. The molecule has 1 saturated heterocycles. The van der Waals surface area contributed by atoms with Gasteiger partial charge in [-0.25, -0.2) is 4.79 Å². The molecule has 0 N–H and O–H groups in total. The number of likely N-dealkylation sites (tertiary alicyclic amines) is 1. The van der Waals surface area contributed by atoms with Crippen molar-refractivity contribution in [3.8, 4) is 0 Å². The lowest BCUT2D eigenvalue weighted by Crippen LogP contribution is -2.49. The smallest absolute Gasteiger partial charge is 0.410 e. The van der Waals surface area contributed by atoms with E-state index in [4.69, 9.17) is 16.3 Å². The Labute approximate surface area is 154 Å². The van der Waals surface area contributed by atoms with E-state index in [1.165, 1.54) is 0 Å².